The predicted octanol–water partition coefficient (Wildman–Crippen LogP) is 5.71. The monoisotopic (exact) mass is 592 g/mol. The van der Waals surface area contributed by atoms with Gasteiger partial charge in [-0.05, 0) is 61.9 Å². The lowest BCUT2D eigenvalue weighted by atomic mass is 10.1. The molecule has 0 bridgehead atoms. The molecule has 12 heteroatoms. The van der Waals surface area contributed by atoms with Crippen molar-refractivity contribution >= 4 is 16.6 Å². The highest BCUT2D eigenvalue weighted by Crippen LogP contribution is 2.38. The van der Waals surface area contributed by atoms with Gasteiger partial charge in [0.2, 0.25) is 0 Å². The Morgan fingerprint density at radius 1 is 0.700 bits per heavy atom. The molecule has 2 aromatic heterocycles. The van der Waals surface area contributed by atoms with E-state index in [2.05, 4.69) is 88.4 Å². The summed E-state index contributed by atoms with van der Waals surface area (Å²) in [5, 5.41) is 17.7. The first-order valence-corrected chi connectivity index (χ1v) is 20.7. The van der Waals surface area contributed by atoms with Crippen LogP contribution in [0.4, 0.5) is 0 Å². The molecule has 2 aliphatic heterocycles. The van der Waals surface area contributed by atoms with Crippen molar-refractivity contribution in [3.8, 4) is 0 Å². The Kier molecular flexibility index (Phi) is 9.48. The van der Waals surface area contributed by atoms with Gasteiger partial charge in [0, 0.05) is 0 Å². The molecule has 40 heavy (non-hydrogen) atoms. The molecule has 2 aromatic rings. The number of ether oxygens (including phenoxy) is 2. The van der Waals surface area contributed by atoms with Crippen LogP contribution in [0.3, 0.4) is 0 Å². The van der Waals surface area contributed by atoms with Crippen molar-refractivity contribution in [2.75, 3.05) is 0 Å². The van der Waals surface area contributed by atoms with Crippen LogP contribution in [0.15, 0.2) is 12.4 Å². The van der Waals surface area contributed by atoms with E-state index in [1.165, 1.54) is 0 Å². The lowest BCUT2D eigenvalue weighted by Gasteiger charge is -2.35. The minimum atomic E-state index is -1.81. The summed E-state index contributed by atoms with van der Waals surface area (Å²) in [4.78, 5) is 0. The molecule has 0 amide bonds. The highest BCUT2D eigenvalue weighted by atomic mass is 28.4. The molecule has 2 fully saturated rings. The van der Waals surface area contributed by atoms with Crippen LogP contribution < -0.4 is 0 Å². The molecular weight excluding hydrogens is 541 g/mol. The molecule has 0 radical (unpaired) electrons. The molecule has 0 aliphatic carbocycles. The number of rotatable bonds is 11. The Hall–Kier alpha value is -1.45. The molecular formula is C28H52N6O4Si2. The summed E-state index contributed by atoms with van der Waals surface area (Å²) < 4.78 is 29.2. The van der Waals surface area contributed by atoms with E-state index < -0.39 is 16.6 Å². The van der Waals surface area contributed by atoms with Gasteiger partial charge >= 0.3 is 0 Å². The van der Waals surface area contributed by atoms with Crippen molar-refractivity contribution in [2.45, 2.75) is 154 Å². The third-order valence-corrected chi connectivity index (χ3v) is 18.4. The summed E-state index contributed by atoms with van der Waals surface area (Å²) in [5.41, 5.74) is 1.76. The SMILES string of the molecule is CC(C)(C)[Si](C)(C)OCc1cn(C[C@H]2CC[C@@H]([C@@H]3CC[C@H](Cn4cc(CO[Si](C)(C)C(C)(C)C)nn4)O3)O2)nn1. The van der Waals surface area contributed by atoms with Crippen LogP contribution in [0.5, 0.6) is 0 Å². The topological polar surface area (TPSA) is 98.3 Å². The van der Waals surface area contributed by atoms with E-state index >= 15 is 0 Å². The van der Waals surface area contributed by atoms with E-state index in [1.807, 2.05) is 21.8 Å². The maximum absolute atomic E-state index is 6.43. The van der Waals surface area contributed by atoms with Gasteiger partial charge in [-0.3, -0.25) is 0 Å². The average molecular weight is 593 g/mol. The van der Waals surface area contributed by atoms with Gasteiger partial charge in [-0.2, -0.15) is 0 Å². The first-order chi connectivity index (χ1) is 18.5. The zero-order chi connectivity index (χ0) is 29.3. The summed E-state index contributed by atoms with van der Waals surface area (Å²) in [6.07, 6.45) is 8.53. The van der Waals surface area contributed by atoms with Crippen molar-refractivity contribution in [2.24, 2.45) is 0 Å². The van der Waals surface area contributed by atoms with Gasteiger partial charge in [0.05, 0.1) is 63.1 Å². The van der Waals surface area contributed by atoms with E-state index in [0.717, 1.165) is 37.1 Å². The molecule has 0 unspecified atom stereocenters. The minimum absolute atomic E-state index is 0.127. The summed E-state index contributed by atoms with van der Waals surface area (Å²) in [6.45, 7) is 25.0. The molecule has 226 valence electrons. The van der Waals surface area contributed by atoms with E-state index in [0.29, 0.717) is 26.3 Å². The zero-order valence-electron chi connectivity index (χ0n) is 26.4. The normalized spacial score (nSPS) is 24.8. The first-order valence-electron chi connectivity index (χ1n) is 14.9. The van der Waals surface area contributed by atoms with Crippen LogP contribution >= 0.6 is 0 Å². The molecule has 0 aromatic carbocycles. The van der Waals surface area contributed by atoms with E-state index in [9.17, 15) is 0 Å². The lowest BCUT2D eigenvalue weighted by molar-refractivity contribution is -0.0714. The third kappa shape index (κ3) is 7.88. The Morgan fingerprint density at radius 2 is 1.07 bits per heavy atom. The lowest BCUT2D eigenvalue weighted by Crippen LogP contribution is -2.40. The Labute approximate surface area is 242 Å². The van der Waals surface area contributed by atoms with Gasteiger partial charge in [-0.25, -0.2) is 9.36 Å². The van der Waals surface area contributed by atoms with Gasteiger partial charge in [-0.1, -0.05) is 52.0 Å². The second-order valence-corrected chi connectivity index (χ2v) is 24.3. The summed E-state index contributed by atoms with van der Waals surface area (Å²) >= 11 is 0. The van der Waals surface area contributed by atoms with Crippen LogP contribution in [0.2, 0.25) is 36.3 Å². The first kappa shape index (κ1) is 31.5. The molecule has 2 saturated heterocycles. The van der Waals surface area contributed by atoms with Crippen molar-refractivity contribution in [1.29, 1.82) is 0 Å². The fourth-order valence-electron chi connectivity index (χ4n) is 4.63. The Morgan fingerprint density at radius 3 is 1.43 bits per heavy atom. The molecule has 0 N–H and O–H groups in total. The smallest absolute Gasteiger partial charge is 0.192 e. The second kappa shape index (κ2) is 12.0. The van der Waals surface area contributed by atoms with Crippen molar-refractivity contribution in [3.05, 3.63) is 23.8 Å². The molecule has 2 aliphatic rings. The van der Waals surface area contributed by atoms with E-state index in [1.54, 1.807) is 0 Å². The highest BCUT2D eigenvalue weighted by Gasteiger charge is 2.39. The number of aromatic nitrogens is 6. The Balaban J connectivity index is 1.19. The fraction of sp³-hybridized carbons (Fsp3) is 0.857. The van der Waals surface area contributed by atoms with Crippen LogP contribution in [0.25, 0.3) is 0 Å². The molecule has 0 saturated carbocycles. The molecule has 4 heterocycles. The third-order valence-electron chi connectivity index (χ3n) is 9.42. The van der Waals surface area contributed by atoms with Crippen LogP contribution in [0.1, 0.15) is 78.6 Å². The molecule has 4 atom stereocenters. The van der Waals surface area contributed by atoms with Crippen molar-refractivity contribution < 1.29 is 18.3 Å². The van der Waals surface area contributed by atoms with Crippen LogP contribution in [-0.4, -0.2) is 71.0 Å². The fourth-order valence-corrected chi connectivity index (χ4v) is 6.51. The van der Waals surface area contributed by atoms with Gasteiger partial charge < -0.3 is 18.3 Å². The standard InChI is InChI=1S/C28H52N6O4Si2/c1-27(2,3)39(7,8)35-19-21-15-33(31-29-21)17-23-11-13-25(37-23)26-14-12-24(38-26)18-34-16-22(30-32-34)20-36-40(9,10)28(4,5)6/h15-16,23-26H,11-14,17-20H2,1-10H3/t23-,24-,25+,26+/m1/s1. The zero-order valence-corrected chi connectivity index (χ0v) is 28.4. The number of hydrogen-bond acceptors (Lipinski definition) is 8. The molecule has 4 rings (SSSR count). The maximum Gasteiger partial charge on any atom is 0.192 e. The second-order valence-electron chi connectivity index (χ2n) is 14.7. The number of nitrogens with zero attached hydrogens (tertiary/aromatic N) is 6. The largest absolute Gasteiger partial charge is 0.411 e. The van der Waals surface area contributed by atoms with Crippen molar-refractivity contribution in [1.82, 2.24) is 30.0 Å². The average Bonchev–Trinajstić information content (AvgIpc) is 3.64. The maximum atomic E-state index is 6.43. The minimum Gasteiger partial charge on any atom is -0.411 e. The van der Waals surface area contributed by atoms with Crippen molar-refractivity contribution in [3.63, 3.8) is 0 Å². The summed E-state index contributed by atoms with van der Waals surface area (Å²) in [5.74, 6) is 0. The Bertz CT molecular complexity index is 1020. The highest BCUT2D eigenvalue weighted by molar-refractivity contribution is 6.74. The molecule has 0 spiro atoms. The van der Waals surface area contributed by atoms with Gasteiger partial charge in [0.15, 0.2) is 16.6 Å². The van der Waals surface area contributed by atoms with Gasteiger partial charge in [0.25, 0.3) is 0 Å². The summed E-state index contributed by atoms with van der Waals surface area (Å²) in [6, 6.07) is 0. The molecule has 10 nitrogen and oxygen atoms in total. The van der Waals surface area contributed by atoms with Crippen LogP contribution in [-0.2, 0) is 44.6 Å². The van der Waals surface area contributed by atoms with E-state index in [-0.39, 0.29) is 34.5 Å². The summed E-state index contributed by atoms with van der Waals surface area (Å²) in [7, 11) is -3.63. The van der Waals surface area contributed by atoms with Crippen LogP contribution in [0, 0.1) is 0 Å². The van der Waals surface area contributed by atoms with E-state index in [4.69, 9.17) is 18.3 Å². The predicted molar refractivity (Wildman–Crippen MR) is 160 cm³/mol. The quantitative estimate of drug-likeness (QED) is 0.306. The van der Waals surface area contributed by atoms with Gasteiger partial charge in [-0.15, -0.1) is 10.2 Å². The number of hydrogen-bond donors (Lipinski definition) is 0. The van der Waals surface area contributed by atoms with Gasteiger partial charge in [0.1, 0.15) is 11.4 Å².